The second kappa shape index (κ2) is 5.85. The fourth-order valence-corrected chi connectivity index (χ4v) is 2.21. The summed E-state index contributed by atoms with van der Waals surface area (Å²) in [5, 5.41) is 14.1. The summed E-state index contributed by atoms with van der Waals surface area (Å²) >= 11 is 0. The average molecular weight is 279 g/mol. The number of nitro groups is 1. The van der Waals surface area contributed by atoms with Crippen LogP contribution in [0.3, 0.4) is 0 Å². The first-order valence-corrected chi connectivity index (χ1v) is 6.57. The van der Waals surface area contributed by atoms with Gasteiger partial charge in [-0.2, -0.15) is 0 Å². The number of carbonyl (C=O) groups is 1. The lowest BCUT2D eigenvalue weighted by atomic mass is 10.2. The topological polar surface area (TPSA) is 94.4 Å². The van der Waals surface area contributed by atoms with E-state index >= 15 is 0 Å². The van der Waals surface area contributed by atoms with Crippen LogP contribution in [0.25, 0.3) is 0 Å². The number of hydrogen-bond donors (Lipinski definition) is 1. The molecule has 0 radical (unpaired) electrons. The summed E-state index contributed by atoms with van der Waals surface area (Å²) < 4.78 is 4.57. The van der Waals surface area contributed by atoms with Gasteiger partial charge in [0.1, 0.15) is 0 Å². The highest BCUT2D eigenvalue weighted by Gasteiger charge is 2.37. The van der Waals surface area contributed by atoms with E-state index in [1.54, 1.807) is 0 Å². The van der Waals surface area contributed by atoms with Gasteiger partial charge in [-0.3, -0.25) is 10.1 Å². The number of esters is 1. The van der Waals surface area contributed by atoms with Crippen LogP contribution >= 0.6 is 0 Å². The minimum Gasteiger partial charge on any atom is -0.464 e. The third kappa shape index (κ3) is 3.04. The molecule has 0 amide bonds. The molecule has 7 heteroatoms. The molecule has 2 unspecified atom stereocenters. The van der Waals surface area contributed by atoms with Gasteiger partial charge in [-0.1, -0.05) is 13.3 Å². The van der Waals surface area contributed by atoms with Crippen molar-refractivity contribution in [2.75, 3.05) is 12.4 Å². The zero-order chi connectivity index (χ0) is 14.7. The van der Waals surface area contributed by atoms with Gasteiger partial charge < -0.3 is 10.1 Å². The number of nitrogens with one attached hydrogen (secondary N) is 1. The molecular formula is C13H17N3O4. The van der Waals surface area contributed by atoms with Crippen LogP contribution in [-0.2, 0) is 4.74 Å². The molecule has 1 aliphatic carbocycles. The van der Waals surface area contributed by atoms with Crippen LogP contribution in [0, 0.1) is 16.0 Å². The van der Waals surface area contributed by atoms with Crippen LogP contribution in [-0.4, -0.2) is 29.0 Å². The van der Waals surface area contributed by atoms with Gasteiger partial charge in [0.15, 0.2) is 5.69 Å². The molecule has 0 bridgehead atoms. The van der Waals surface area contributed by atoms with Gasteiger partial charge in [-0.25, -0.2) is 9.78 Å². The van der Waals surface area contributed by atoms with Crippen LogP contribution in [0.2, 0.25) is 0 Å². The van der Waals surface area contributed by atoms with Crippen molar-refractivity contribution in [3.8, 4) is 0 Å². The highest BCUT2D eigenvalue weighted by molar-refractivity contribution is 5.88. The van der Waals surface area contributed by atoms with Crippen molar-refractivity contribution in [2.45, 2.75) is 32.2 Å². The molecule has 0 spiro atoms. The summed E-state index contributed by atoms with van der Waals surface area (Å²) in [5.74, 6) is 0.0635. The smallest absolute Gasteiger partial charge is 0.356 e. The number of ether oxygens (including phenoxy) is 1. The molecule has 2 atom stereocenters. The number of aromatic nitrogens is 1. The minimum absolute atomic E-state index is 0.0632. The third-order valence-electron chi connectivity index (χ3n) is 3.37. The number of nitrogens with zero attached hydrogens (tertiary/aromatic N) is 2. The Morgan fingerprint density at radius 1 is 1.60 bits per heavy atom. The van der Waals surface area contributed by atoms with Crippen molar-refractivity contribution in [2.24, 2.45) is 5.92 Å². The predicted molar refractivity (Wildman–Crippen MR) is 72.7 cm³/mol. The molecule has 1 aliphatic rings. The lowest BCUT2D eigenvalue weighted by Crippen LogP contribution is -2.12. The number of anilines is 1. The summed E-state index contributed by atoms with van der Waals surface area (Å²) in [6.07, 6.45) is 3.15. The summed E-state index contributed by atoms with van der Waals surface area (Å²) in [5.41, 5.74) is -0.0620. The molecule has 1 aromatic heterocycles. The summed E-state index contributed by atoms with van der Waals surface area (Å²) in [6.45, 7) is 2.11. The molecule has 108 valence electrons. The second-order valence-corrected chi connectivity index (χ2v) is 4.85. The van der Waals surface area contributed by atoms with Gasteiger partial charge in [0.2, 0.25) is 5.82 Å². The normalized spacial score (nSPS) is 20.3. The molecule has 0 saturated heterocycles. The van der Waals surface area contributed by atoms with Crippen molar-refractivity contribution in [1.29, 1.82) is 0 Å². The first kappa shape index (κ1) is 14.2. The molecule has 7 nitrogen and oxygen atoms in total. The largest absolute Gasteiger partial charge is 0.464 e. The molecule has 20 heavy (non-hydrogen) atoms. The zero-order valence-corrected chi connectivity index (χ0v) is 11.5. The summed E-state index contributed by atoms with van der Waals surface area (Å²) in [6, 6.07) is 2.78. The van der Waals surface area contributed by atoms with Gasteiger partial charge in [0, 0.05) is 12.1 Å². The van der Waals surface area contributed by atoms with Crippen molar-refractivity contribution >= 4 is 17.5 Å². The Hall–Kier alpha value is -2.18. The highest BCUT2D eigenvalue weighted by Crippen LogP contribution is 2.38. The van der Waals surface area contributed by atoms with E-state index in [0.717, 1.165) is 19.3 Å². The first-order valence-electron chi connectivity index (χ1n) is 6.57. The Bertz CT molecular complexity index is 532. The zero-order valence-electron chi connectivity index (χ0n) is 11.5. The molecule has 0 aliphatic heterocycles. The fraction of sp³-hybridized carbons (Fsp3) is 0.538. The maximum Gasteiger partial charge on any atom is 0.356 e. The van der Waals surface area contributed by atoms with E-state index in [1.165, 1.54) is 19.2 Å². The Balaban J connectivity index is 2.19. The van der Waals surface area contributed by atoms with E-state index in [9.17, 15) is 14.9 Å². The van der Waals surface area contributed by atoms with E-state index in [-0.39, 0.29) is 23.2 Å². The number of methoxy groups -OCH3 is 1. The monoisotopic (exact) mass is 279 g/mol. The van der Waals surface area contributed by atoms with E-state index in [2.05, 4.69) is 22.0 Å². The predicted octanol–water partition coefficient (Wildman–Crippen LogP) is 2.38. The third-order valence-corrected chi connectivity index (χ3v) is 3.37. The second-order valence-electron chi connectivity index (χ2n) is 4.85. The van der Waals surface area contributed by atoms with Gasteiger partial charge in [0.05, 0.1) is 12.0 Å². The van der Waals surface area contributed by atoms with E-state index in [4.69, 9.17) is 0 Å². The van der Waals surface area contributed by atoms with Gasteiger partial charge in [-0.05, 0) is 24.8 Å². The standard InChI is InChI=1S/C13H17N3O4/c1-3-4-8-7-10(8)15-12-11(16(18)19)6-5-9(14-12)13(17)20-2/h5-6,8,10H,3-4,7H2,1-2H3,(H,14,15). The number of carbonyl (C=O) groups excluding carboxylic acids is 1. The van der Waals surface area contributed by atoms with Crippen LogP contribution in [0.1, 0.15) is 36.7 Å². The first-order chi connectivity index (χ1) is 9.56. The van der Waals surface area contributed by atoms with Crippen molar-refractivity contribution in [3.63, 3.8) is 0 Å². The van der Waals surface area contributed by atoms with Crippen molar-refractivity contribution < 1.29 is 14.5 Å². The average Bonchev–Trinajstić information content (AvgIpc) is 3.15. The highest BCUT2D eigenvalue weighted by atomic mass is 16.6. The van der Waals surface area contributed by atoms with Crippen LogP contribution < -0.4 is 5.32 Å². The number of hydrogen-bond acceptors (Lipinski definition) is 6. The summed E-state index contributed by atoms with van der Waals surface area (Å²) in [4.78, 5) is 25.9. The SMILES string of the molecule is CCCC1CC1Nc1nc(C(=O)OC)ccc1[N+](=O)[O-]. The van der Waals surface area contributed by atoms with E-state index < -0.39 is 10.9 Å². The quantitative estimate of drug-likeness (QED) is 0.488. The van der Waals surface area contributed by atoms with Gasteiger partial charge >= 0.3 is 11.7 Å². The van der Waals surface area contributed by atoms with Gasteiger partial charge in [0.25, 0.3) is 0 Å². The molecular weight excluding hydrogens is 262 g/mol. The molecule has 1 N–H and O–H groups in total. The lowest BCUT2D eigenvalue weighted by Gasteiger charge is -2.07. The van der Waals surface area contributed by atoms with Gasteiger partial charge in [-0.15, -0.1) is 0 Å². The molecule has 1 fully saturated rings. The molecule has 0 aromatic carbocycles. The molecule has 2 rings (SSSR count). The van der Waals surface area contributed by atoms with Crippen molar-refractivity contribution in [1.82, 2.24) is 4.98 Å². The number of pyridine rings is 1. The van der Waals surface area contributed by atoms with Crippen molar-refractivity contribution in [3.05, 3.63) is 27.9 Å². The molecule has 1 heterocycles. The minimum atomic E-state index is -0.608. The maximum absolute atomic E-state index is 11.4. The Morgan fingerprint density at radius 2 is 2.35 bits per heavy atom. The number of rotatable bonds is 6. The van der Waals surface area contributed by atoms with E-state index in [1.807, 2.05) is 0 Å². The van der Waals surface area contributed by atoms with Crippen LogP contribution in [0.4, 0.5) is 11.5 Å². The Morgan fingerprint density at radius 3 is 2.95 bits per heavy atom. The Kier molecular flexibility index (Phi) is 4.16. The maximum atomic E-state index is 11.4. The molecule has 1 aromatic rings. The lowest BCUT2D eigenvalue weighted by molar-refractivity contribution is -0.384. The van der Waals surface area contributed by atoms with Crippen LogP contribution in [0.5, 0.6) is 0 Å². The fourth-order valence-electron chi connectivity index (χ4n) is 2.21. The van der Waals surface area contributed by atoms with E-state index in [0.29, 0.717) is 5.92 Å². The molecule has 1 saturated carbocycles. The van der Waals surface area contributed by atoms with Crippen LogP contribution in [0.15, 0.2) is 12.1 Å². The summed E-state index contributed by atoms with van der Waals surface area (Å²) in [7, 11) is 1.25. The Labute approximate surface area is 116 Å².